The second-order valence-electron chi connectivity index (χ2n) is 6.17. The molecule has 0 bridgehead atoms. The van der Waals surface area contributed by atoms with Crippen molar-refractivity contribution in [3.63, 3.8) is 0 Å². The maximum Gasteiger partial charge on any atom is 0.328 e. The average Bonchev–Trinajstić information content (AvgIpc) is 2.62. The lowest BCUT2D eigenvalue weighted by Crippen LogP contribution is -2.57. The van der Waals surface area contributed by atoms with Crippen LogP contribution in [-0.4, -0.2) is 42.2 Å². The molecule has 0 radical (unpaired) electrons. The Bertz CT molecular complexity index is 720. The minimum atomic E-state index is -1.08. The number of rotatable bonds is 4. The van der Waals surface area contributed by atoms with Gasteiger partial charge in [-0.05, 0) is 24.6 Å². The van der Waals surface area contributed by atoms with Crippen molar-refractivity contribution in [3.05, 3.63) is 66.0 Å². The molecule has 0 aromatic heterocycles. The summed E-state index contributed by atoms with van der Waals surface area (Å²) in [5, 5.41) is 9.85. The van der Waals surface area contributed by atoms with Crippen LogP contribution in [-0.2, 0) is 10.3 Å². The van der Waals surface area contributed by atoms with Crippen molar-refractivity contribution in [1.29, 1.82) is 0 Å². The standard InChI is InChI=1S/C19H21FN2O2.ClH/c1-19(18(23)24,15-7-3-2-4-8-15)22-13-11-21(12-14-22)17-10-6-5-9-16(17)20;/h2-10H,11-14H2,1H3,(H,23,24);1H. The topological polar surface area (TPSA) is 43.8 Å². The Labute approximate surface area is 153 Å². The molecule has 0 spiro atoms. The molecule has 1 aliphatic rings. The second kappa shape index (κ2) is 7.85. The number of hydrogen-bond donors (Lipinski definition) is 1. The second-order valence-corrected chi connectivity index (χ2v) is 6.17. The van der Waals surface area contributed by atoms with Gasteiger partial charge in [0.25, 0.3) is 0 Å². The summed E-state index contributed by atoms with van der Waals surface area (Å²) in [6.45, 7) is 4.05. The molecular weight excluding hydrogens is 343 g/mol. The molecular formula is C19H22ClFN2O2. The molecule has 2 aromatic carbocycles. The SMILES string of the molecule is CC(C(=O)O)(c1ccccc1)N1CCN(c2ccccc2F)CC1.Cl. The zero-order chi connectivity index (χ0) is 17.2. The van der Waals surface area contributed by atoms with Gasteiger partial charge in [0, 0.05) is 26.2 Å². The number of carboxylic acid groups (broad SMARTS) is 1. The van der Waals surface area contributed by atoms with Gasteiger partial charge in [0.2, 0.25) is 0 Å². The van der Waals surface area contributed by atoms with Gasteiger partial charge < -0.3 is 10.0 Å². The number of hydrogen-bond acceptors (Lipinski definition) is 3. The minimum Gasteiger partial charge on any atom is -0.480 e. The summed E-state index contributed by atoms with van der Waals surface area (Å²) in [4.78, 5) is 15.9. The Balaban J connectivity index is 0.00000225. The van der Waals surface area contributed by atoms with Crippen molar-refractivity contribution in [2.24, 2.45) is 0 Å². The molecule has 1 aliphatic heterocycles. The molecule has 6 heteroatoms. The largest absolute Gasteiger partial charge is 0.480 e. The summed E-state index contributed by atoms with van der Waals surface area (Å²) in [7, 11) is 0. The molecule has 1 heterocycles. The lowest BCUT2D eigenvalue weighted by Gasteiger charge is -2.44. The van der Waals surface area contributed by atoms with E-state index in [2.05, 4.69) is 0 Å². The summed E-state index contributed by atoms with van der Waals surface area (Å²) >= 11 is 0. The van der Waals surface area contributed by atoms with E-state index >= 15 is 0 Å². The van der Waals surface area contributed by atoms with Crippen molar-refractivity contribution in [2.45, 2.75) is 12.5 Å². The van der Waals surface area contributed by atoms with Gasteiger partial charge in [-0.2, -0.15) is 0 Å². The van der Waals surface area contributed by atoms with E-state index in [1.165, 1.54) is 6.07 Å². The first kappa shape index (κ1) is 19.2. The third-order valence-electron chi connectivity index (χ3n) is 4.86. The Morgan fingerprint density at radius 2 is 1.56 bits per heavy atom. The number of nitrogens with zero attached hydrogens (tertiary/aromatic N) is 2. The van der Waals surface area contributed by atoms with Crippen LogP contribution in [0.3, 0.4) is 0 Å². The molecule has 1 N–H and O–H groups in total. The molecule has 134 valence electrons. The number of anilines is 1. The first-order valence-corrected chi connectivity index (χ1v) is 8.07. The first-order chi connectivity index (χ1) is 11.5. The molecule has 1 unspecified atom stereocenters. The number of para-hydroxylation sites is 1. The highest BCUT2D eigenvalue weighted by Gasteiger charge is 2.42. The van der Waals surface area contributed by atoms with Crippen LogP contribution >= 0.6 is 12.4 Å². The summed E-state index contributed by atoms with van der Waals surface area (Å²) in [6, 6.07) is 16.0. The Morgan fingerprint density at radius 1 is 1.00 bits per heavy atom. The van der Waals surface area contributed by atoms with Crippen LogP contribution in [0, 0.1) is 5.82 Å². The van der Waals surface area contributed by atoms with Crippen molar-refractivity contribution < 1.29 is 14.3 Å². The minimum absolute atomic E-state index is 0. The highest BCUT2D eigenvalue weighted by atomic mass is 35.5. The zero-order valence-electron chi connectivity index (χ0n) is 14.1. The van der Waals surface area contributed by atoms with Crippen LogP contribution in [0.15, 0.2) is 54.6 Å². The molecule has 0 amide bonds. The smallest absolute Gasteiger partial charge is 0.328 e. The highest BCUT2D eigenvalue weighted by Crippen LogP contribution is 2.31. The van der Waals surface area contributed by atoms with E-state index in [0.29, 0.717) is 31.9 Å². The Hall–Kier alpha value is -2.11. The zero-order valence-corrected chi connectivity index (χ0v) is 14.9. The molecule has 0 aliphatic carbocycles. The number of piperazine rings is 1. The molecule has 2 aromatic rings. The number of aliphatic carboxylic acids is 1. The molecule has 1 saturated heterocycles. The summed E-state index contributed by atoms with van der Waals surface area (Å²) in [5.74, 6) is -1.11. The fourth-order valence-corrected chi connectivity index (χ4v) is 3.31. The molecule has 3 rings (SSSR count). The van der Waals surface area contributed by atoms with Crippen LogP contribution in [0.1, 0.15) is 12.5 Å². The maximum atomic E-state index is 13.9. The molecule has 0 saturated carbocycles. The van der Waals surface area contributed by atoms with Gasteiger partial charge in [-0.3, -0.25) is 4.90 Å². The summed E-state index contributed by atoms with van der Waals surface area (Å²) in [6.07, 6.45) is 0. The predicted molar refractivity (Wildman–Crippen MR) is 98.9 cm³/mol. The monoisotopic (exact) mass is 364 g/mol. The average molecular weight is 365 g/mol. The third-order valence-corrected chi connectivity index (χ3v) is 4.86. The van der Waals surface area contributed by atoms with Crippen molar-refractivity contribution in [1.82, 2.24) is 4.90 Å². The number of halogens is 2. The van der Waals surface area contributed by atoms with Gasteiger partial charge >= 0.3 is 5.97 Å². The number of carboxylic acids is 1. The van der Waals surface area contributed by atoms with Crippen LogP contribution in [0.2, 0.25) is 0 Å². The van der Waals surface area contributed by atoms with Gasteiger partial charge in [-0.15, -0.1) is 12.4 Å². The molecule has 4 nitrogen and oxygen atoms in total. The first-order valence-electron chi connectivity index (χ1n) is 8.07. The van der Waals surface area contributed by atoms with E-state index in [1.54, 1.807) is 19.1 Å². The number of benzene rings is 2. The third kappa shape index (κ3) is 3.62. The highest BCUT2D eigenvalue weighted by molar-refractivity contribution is 5.85. The quantitative estimate of drug-likeness (QED) is 0.903. The van der Waals surface area contributed by atoms with Crippen molar-refractivity contribution >= 4 is 24.1 Å². The van der Waals surface area contributed by atoms with Crippen LogP contribution in [0.5, 0.6) is 0 Å². The lowest BCUT2D eigenvalue weighted by atomic mass is 9.89. The van der Waals surface area contributed by atoms with E-state index in [9.17, 15) is 14.3 Å². The van der Waals surface area contributed by atoms with Gasteiger partial charge in [0.15, 0.2) is 0 Å². The lowest BCUT2D eigenvalue weighted by molar-refractivity contribution is -0.151. The normalized spacial score (nSPS) is 17.4. The van der Waals surface area contributed by atoms with E-state index in [-0.39, 0.29) is 18.2 Å². The summed E-state index contributed by atoms with van der Waals surface area (Å²) in [5.41, 5.74) is 0.258. The van der Waals surface area contributed by atoms with Gasteiger partial charge in [-0.25, -0.2) is 9.18 Å². The summed E-state index contributed by atoms with van der Waals surface area (Å²) < 4.78 is 13.9. The van der Waals surface area contributed by atoms with E-state index in [4.69, 9.17) is 0 Å². The fourth-order valence-electron chi connectivity index (χ4n) is 3.31. The fraction of sp³-hybridized carbons (Fsp3) is 0.316. The van der Waals surface area contributed by atoms with Crippen molar-refractivity contribution in [3.8, 4) is 0 Å². The van der Waals surface area contributed by atoms with Gasteiger partial charge in [0.05, 0.1) is 5.69 Å². The maximum absolute atomic E-state index is 13.9. The Morgan fingerprint density at radius 3 is 2.12 bits per heavy atom. The van der Waals surface area contributed by atoms with E-state index < -0.39 is 11.5 Å². The Kier molecular flexibility index (Phi) is 6.03. The van der Waals surface area contributed by atoms with Crippen LogP contribution in [0.4, 0.5) is 10.1 Å². The molecule has 1 atom stereocenters. The molecule has 25 heavy (non-hydrogen) atoms. The predicted octanol–water partition coefficient (Wildman–Crippen LogP) is 3.37. The van der Waals surface area contributed by atoms with Crippen molar-refractivity contribution in [2.75, 3.05) is 31.1 Å². The number of carbonyl (C=O) groups is 1. The molecule has 1 fully saturated rings. The van der Waals surface area contributed by atoms with Gasteiger partial charge in [-0.1, -0.05) is 42.5 Å². The van der Waals surface area contributed by atoms with E-state index in [0.717, 1.165) is 5.56 Å². The van der Waals surface area contributed by atoms with Crippen LogP contribution < -0.4 is 4.90 Å². The van der Waals surface area contributed by atoms with Gasteiger partial charge in [0.1, 0.15) is 11.4 Å². The van der Waals surface area contributed by atoms with Crippen LogP contribution in [0.25, 0.3) is 0 Å². The van der Waals surface area contributed by atoms with E-state index in [1.807, 2.05) is 46.2 Å².